The summed E-state index contributed by atoms with van der Waals surface area (Å²) in [6.45, 7) is 1.93. The number of carbonyl (C=O) groups excluding carboxylic acids is 2. The van der Waals surface area contributed by atoms with Gasteiger partial charge in [0.2, 0.25) is 0 Å². The van der Waals surface area contributed by atoms with E-state index in [1.807, 2.05) is 55.5 Å². The number of Topliss-reactive ketones (excluding diaryl/α,β-unsaturated/α-hetero) is 1. The van der Waals surface area contributed by atoms with E-state index in [4.69, 9.17) is 0 Å². The predicted octanol–water partition coefficient (Wildman–Crippen LogP) is 4.62. The minimum atomic E-state index is -0.691. The summed E-state index contributed by atoms with van der Waals surface area (Å²) in [5.41, 5.74) is 2.98. The number of aliphatic hydroxyl groups is 1. The number of nitrogens with zero attached hydrogens (tertiary/aromatic N) is 1. The normalized spacial score (nSPS) is 18.5. The van der Waals surface area contributed by atoms with Gasteiger partial charge in [-0.25, -0.2) is 0 Å². The van der Waals surface area contributed by atoms with Crippen LogP contribution in [0.1, 0.15) is 22.7 Å². The highest BCUT2D eigenvalue weighted by Crippen LogP contribution is 2.42. The van der Waals surface area contributed by atoms with Crippen molar-refractivity contribution in [2.45, 2.75) is 13.0 Å². The van der Waals surface area contributed by atoms with Crippen molar-refractivity contribution < 1.29 is 14.7 Å². The fourth-order valence-corrected chi connectivity index (χ4v) is 3.63. The molecule has 4 heteroatoms. The fraction of sp³-hybridized carbons (Fsp3) is 0.0833. The van der Waals surface area contributed by atoms with Crippen LogP contribution in [0.25, 0.3) is 5.76 Å². The summed E-state index contributed by atoms with van der Waals surface area (Å²) in [6.07, 6.45) is 0. The average Bonchev–Trinajstić information content (AvgIpc) is 3.00. The minimum absolute atomic E-state index is 0.106. The van der Waals surface area contributed by atoms with Gasteiger partial charge in [-0.2, -0.15) is 0 Å². The van der Waals surface area contributed by atoms with Crippen molar-refractivity contribution in [3.63, 3.8) is 0 Å². The topological polar surface area (TPSA) is 57.6 Å². The van der Waals surface area contributed by atoms with Gasteiger partial charge in [-0.05, 0) is 30.2 Å². The van der Waals surface area contributed by atoms with Crippen LogP contribution in [0.15, 0.2) is 90.5 Å². The summed E-state index contributed by atoms with van der Waals surface area (Å²) in [7, 11) is 0. The van der Waals surface area contributed by atoms with Gasteiger partial charge >= 0.3 is 0 Å². The van der Waals surface area contributed by atoms with E-state index in [0.717, 1.165) is 11.1 Å². The van der Waals surface area contributed by atoms with Gasteiger partial charge in [0, 0.05) is 11.3 Å². The van der Waals surface area contributed by atoms with E-state index in [2.05, 4.69) is 0 Å². The van der Waals surface area contributed by atoms with Crippen molar-refractivity contribution in [2.24, 2.45) is 0 Å². The number of hydrogen-bond donors (Lipinski definition) is 1. The maximum Gasteiger partial charge on any atom is 0.300 e. The SMILES string of the molecule is Cc1ccccc1C1/C(=C(/O)c2ccccc2)C(=O)C(=O)N1c1ccccc1. The molecule has 1 heterocycles. The van der Waals surface area contributed by atoms with Crippen LogP contribution in [0.4, 0.5) is 5.69 Å². The number of benzene rings is 3. The van der Waals surface area contributed by atoms with E-state index in [1.165, 1.54) is 4.90 Å². The highest BCUT2D eigenvalue weighted by molar-refractivity contribution is 6.51. The van der Waals surface area contributed by atoms with Crippen molar-refractivity contribution >= 4 is 23.1 Å². The highest BCUT2D eigenvalue weighted by atomic mass is 16.3. The number of carbonyl (C=O) groups is 2. The summed E-state index contributed by atoms with van der Waals surface area (Å²) in [6, 6.07) is 24.8. The largest absolute Gasteiger partial charge is 0.507 e. The Bertz CT molecular complexity index is 1070. The zero-order valence-electron chi connectivity index (χ0n) is 15.4. The lowest BCUT2D eigenvalue weighted by atomic mass is 9.92. The molecule has 1 saturated heterocycles. The molecule has 1 atom stereocenters. The summed E-state index contributed by atoms with van der Waals surface area (Å²) < 4.78 is 0. The predicted molar refractivity (Wildman–Crippen MR) is 109 cm³/mol. The van der Waals surface area contributed by atoms with Crippen molar-refractivity contribution in [2.75, 3.05) is 4.90 Å². The van der Waals surface area contributed by atoms with Gasteiger partial charge in [0.25, 0.3) is 11.7 Å². The Labute approximate surface area is 163 Å². The number of para-hydroxylation sites is 1. The highest BCUT2D eigenvalue weighted by Gasteiger charge is 2.47. The Kier molecular flexibility index (Phi) is 4.53. The van der Waals surface area contributed by atoms with E-state index in [-0.39, 0.29) is 11.3 Å². The second-order valence-electron chi connectivity index (χ2n) is 6.73. The van der Waals surface area contributed by atoms with Gasteiger partial charge in [-0.1, -0.05) is 72.8 Å². The van der Waals surface area contributed by atoms with Crippen molar-refractivity contribution in [1.82, 2.24) is 0 Å². The summed E-state index contributed by atoms with van der Waals surface area (Å²) in [5, 5.41) is 11.0. The monoisotopic (exact) mass is 369 g/mol. The van der Waals surface area contributed by atoms with E-state index in [9.17, 15) is 14.7 Å². The van der Waals surface area contributed by atoms with Gasteiger partial charge in [0.1, 0.15) is 5.76 Å². The third-order valence-electron chi connectivity index (χ3n) is 5.01. The maximum atomic E-state index is 13.0. The van der Waals surface area contributed by atoms with E-state index in [0.29, 0.717) is 11.3 Å². The van der Waals surface area contributed by atoms with E-state index >= 15 is 0 Å². The second-order valence-corrected chi connectivity index (χ2v) is 6.73. The van der Waals surface area contributed by atoms with Crippen LogP contribution in [-0.2, 0) is 9.59 Å². The van der Waals surface area contributed by atoms with Crippen LogP contribution in [0.2, 0.25) is 0 Å². The molecule has 0 bridgehead atoms. The standard InChI is InChI=1S/C24H19NO3/c1-16-10-8-9-15-19(16)21-20(22(26)17-11-4-2-5-12-17)23(27)24(28)25(21)18-13-6-3-7-14-18/h2-15,21,26H,1H3/b22-20-. The molecular formula is C24H19NO3. The Morgan fingerprint density at radius 2 is 1.39 bits per heavy atom. The molecule has 1 unspecified atom stereocenters. The number of anilines is 1. The molecule has 1 fully saturated rings. The quantitative estimate of drug-likeness (QED) is 0.416. The molecule has 0 radical (unpaired) electrons. The lowest BCUT2D eigenvalue weighted by molar-refractivity contribution is -0.132. The Morgan fingerprint density at radius 3 is 2.04 bits per heavy atom. The molecule has 0 spiro atoms. The number of aliphatic hydroxyl groups excluding tert-OH is 1. The van der Waals surface area contributed by atoms with Crippen molar-refractivity contribution in [3.05, 3.63) is 107 Å². The first-order valence-corrected chi connectivity index (χ1v) is 9.06. The average molecular weight is 369 g/mol. The first-order valence-electron chi connectivity index (χ1n) is 9.06. The zero-order chi connectivity index (χ0) is 19.7. The lowest BCUT2D eigenvalue weighted by Gasteiger charge is -2.26. The third kappa shape index (κ3) is 2.89. The van der Waals surface area contributed by atoms with Gasteiger partial charge < -0.3 is 5.11 Å². The molecule has 0 aliphatic carbocycles. The molecule has 3 aromatic rings. The Balaban J connectivity index is 1.98. The van der Waals surface area contributed by atoms with Crippen LogP contribution in [0.3, 0.4) is 0 Å². The smallest absolute Gasteiger partial charge is 0.300 e. The van der Waals surface area contributed by atoms with Crippen LogP contribution < -0.4 is 4.90 Å². The molecule has 4 nitrogen and oxygen atoms in total. The molecular weight excluding hydrogens is 350 g/mol. The molecule has 138 valence electrons. The number of rotatable bonds is 3. The van der Waals surface area contributed by atoms with E-state index in [1.54, 1.807) is 36.4 Å². The molecule has 4 rings (SSSR count). The maximum absolute atomic E-state index is 13.0. The number of ketones is 1. The second kappa shape index (κ2) is 7.16. The van der Waals surface area contributed by atoms with Gasteiger partial charge in [-0.3, -0.25) is 14.5 Å². The van der Waals surface area contributed by atoms with Gasteiger partial charge in [-0.15, -0.1) is 0 Å². The Morgan fingerprint density at radius 1 is 0.821 bits per heavy atom. The number of hydrogen-bond acceptors (Lipinski definition) is 3. The van der Waals surface area contributed by atoms with Crippen LogP contribution >= 0.6 is 0 Å². The molecule has 1 aliphatic rings. The van der Waals surface area contributed by atoms with Crippen molar-refractivity contribution in [3.8, 4) is 0 Å². The number of amides is 1. The summed E-state index contributed by atoms with van der Waals surface area (Å²) in [5.74, 6) is -1.49. The first-order chi connectivity index (χ1) is 13.6. The fourth-order valence-electron chi connectivity index (χ4n) is 3.63. The summed E-state index contributed by atoms with van der Waals surface area (Å²) >= 11 is 0. The Hall–Kier alpha value is -3.66. The van der Waals surface area contributed by atoms with Crippen molar-refractivity contribution in [1.29, 1.82) is 0 Å². The first kappa shape index (κ1) is 17.7. The van der Waals surface area contributed by atoms with Gasteiger partial charge in [0.15, 0.2) is 0 Å². The van der Waals surface area contributed by atoms with Crippen LogP contribution in [0, 0.1) is 6.92 Å². The van der Waals surface area contributed by atoms with Crippen LogP contribution in [-0.4, -0.2) is 16.8 Å². The van der Waals surface area contributed by atoms with E-state index < -0.39 is 17.7 Å². The third-order valence-corrected chi connectivity index (χ3v) is 5.01. The molecule has 3 aromatic carbocycles. The van der Waals surface area contributed by atoms with Crippen LogP contribution in [0.5, 0.6) is 0 Å². The molecule has 1 N–H and O–H groups in total. The zero-order valence-corrected chi connectivity index (χ0v) is 15.4. The number of aryl methyl sites for hydroxylation is 1. The lowest BCUT2D eigenvalue weighted by Crippen LogP contribution is -2.29. The summed E-state index contributed by atoms with van der Waals surface area (Å²) in [4.78, 5) is 27.4. The molecule has 28 heavy (non-hydrogen) atoms. The minimum Gasteiger partial charge on any atom is -0.507 e. The molecule has 0 aromatic heterocycles. The van der Waals surface area contributed by atoms with Gasteiger partial charge in [0.05, 0.1) is 11.6 Å². The molecule has 0 saturated carbocycles. The molecule has 1 amide bonds. The molecule has 1 aliphatic heterocycles.